The SMILES string of the molecule is CCCNC(=O)[C@H](C)N(Cc1cccc(Br)c1)C(=O)CN(c1ccccc1Cl)S(=O)(=O)c1ccc(C)cc1. The molecule has 3 rings (SSSR count). The van der Waals surface area contributed by atoms with Crippen LogP contribution in [-0.2, 0) is 26.2 Å². The predicted molar refractivity (Wildman–Crippen MR) is 155 cm³/mol. The Kier molecular flexibility index (Phi) is 10.4. The van der Waals surface area contributed by atoms with Crippen LogP contribution in [0.1, 0.15) is 31.4 Å². The first kappa shape index (κ1) is 29.7. The van der Waals surface area contributed by atoms with Crippen molar-refractivity contribution in [3.05, 3.63) is 93.4 Å². The van der Waals surface area contributed by atoms with Crippen molar-refractivity contribution >= 4 is 55.1 Å². The van der Waals surface area contributed by atoms with Crippen LogP contribution in [0.5, 0.6) is 0 Å². The van der Waals surface area contributed by atoms with Crippen LogP contribution in [0.2, 0.25) is 5.02 Å². The van der Waals surface area contributed by atoms with Crippen molar-refractivity contribution in [3.8, 4) is 0 Å². The average molecular weight is 621 g/mol. The molecule has 0 unspecified atom stereocenters. The normalized spacial score (nSPS) is 12.0. The van der Waals surface area contributed by atoms with Gasteiger partial charge in [0, 0.05) is 17.6 Å². The molecular formula is C28H31BrClN3O4S. The lowest BCUT2D eigenvalue weighted by Gasteiger charge is -2.32. The molecule has 3 aromatic rings. The highest BCUT2D eigenvalue weighted by molar-refractivity contribution is 9.10. The summed E-state index contributed by atoms with van der Waals surface area (Å²) in [5, 5.41) is 3.01. The number of sulfonamides is 1. The van der Waals surface area contributed by atoms with Crippen LogP contribution < -0.4 is 9.62 Å². The Hall–Kier alpha value is -2.88. The number of rotatable bonds is 11. The van der Waals surface area contributed by atoms with Crippen molar-refractivity contribution in [2.75, 3.05) is 17.4 Å². The molecule has 0 bridgehead atoms. The summed E-state index contributed by atoms with van der Waals surface area (Å²) in [7, 11) is -4.17. The van der Waals surface area contributed by atoms with E-state index in [4.69, 9.17) is 11.6 Å². The zero-order valence-electron chi connectivity index (χ0n) is 21.5. The molecule has 0 saturated heterocycles. The van der Waals surface area contributed by atoms with Crippen LogP contribution in [0.25, 0.3) is 0 Å². The van der Waals surface area contributed by atoms with Gasteiger partial charge in [-0.25, -0.2) is 8.42 Å². The number of halogens is 2. The van der Waals surface area contributed by atoms with Gasteiger partial charge in [-0.3, -0.25) is 13.9 Å². The Balaban J connectivity index is 2.03. The Morgan fingerprint density at radius 2 is 1.71 bits per heavy atom. The predicted octanol–water partition coefficient (Wildman–Crippen LogP) is 5.55. The molecule has 0 saturated carbocycles. The van der Waals surface area contributed by atoms with Gasteiger partial charge in [0.2, 0.25) is 11.8 Å². The minimum absolute atomic E-state index is 0.0306. The van der Waals surface area contributed by atoms with Crippen LogP contribution >= 0.6 is 27.5 Å². The second-order valence-electron chi connectivity index (χ2n) is 8.89. The second-order valence-corrected chi connectivity index (χ2v) is 12.1. The van der Waals surface area contributed by atoms with E-state index in [1.165, 1.54) is 17.0 Å². The fourth-order valence-electron chi connectivity index (χ4n) is 3.82. The maximum Gasteiger partial charge on any atom is 0.264 e. The van der Waals surface area contributed by atoms with Crippen LogP contribution in [0.3, 0.4) is 0 Å². The van der Waals surface area contributed by atoms with Gasteiger partial charge in [0.1, 0.15) is 12.6 Å². The molecule has 202 valence electrons. The van der Waals surface area contributed by atoms with E-state index in [0.717, 1.165) is 26.3 Å². The lowest BCUT2D eigenvalue weighted by atomic mass is 10.1. The third kappa shape index (κ3) is 7.36. The van der Waals surface area contributed by atoms with Gasteiger partial charge in [-0.15, -0.1) is 0 Å². The van der Waals surface area contributed by atoms with E-state index in [-0.39, 0.29) is 28.1 Å². The fraction of sp³-hybridized carbons (Fsp3) is 0.286. The molecule has 0 heterocycles. The van der Waals surface area contributed by atoms with Crippen LogP contribution in [0, 0.1) is 6.92 Å². The molecule has 0 spiro atoms. The molecular weight excluding hydrogens is 590 g/mol. The zero-order chi connectivity index (χ0) is 27.9. The van der Waals surface area contributed by atoms with E-state index in [0.29, 0.717) is 6.54 Å². The highest BCUT2D eigenvalue weighted by atomic mass is 79.9. The van der Waals surface area contributed by atoms with Gasteiger partial charge in [-0.1, -0.05) is 76.4 Å². The Labute approximate surface area is 238 Å². The summed E-state index contributed by atoms with van der Waals surface area (Å²) in [6, 6.07) is 19.4. The maximum atomic E-state index is 13.9. The maximum absolute atomic E-state index is 13.9. The van der Waals surface area contributed by atoms with Crippen molar-refractivity contribution in [2.45, 2.75) is 44.7 Å². The quantitative estimate of drug-likeness (QED) is 0.305. The number of carbonyl (C=O) groups excluding carboxylic acids is 2. The van der Waals surface area contributed by atoms with Gasteiger partial charge in [0.05, 0.1) is 15.6 Å². The van der Waals surface area contributed by atoms with E-state index >= 15 is 0 Å². The molecule has 0 aliphatic heterocycles. The lowest BCUT2D eigenvalue weighted by Crippen LogP contribution is -2.51. The zero-order valence-corrected chi connectivity index (χ0v) is 24.7. The Morgan fingerprint density at radius 1 is 1.03 bits per heavy atom. The number of anilines is 1. The smallest absolute Gasteiger partial charge is 0.264 e. The average Bonchev–Trinajstić information content (AvgIpc) is 2.89. The third-order valence-electron chi connectivity index (χ3n) is 5.97. The van der Waals surface area contributed by atoms with E-state index in [9.17, 15) is 18.0 Å². The first-order chi connectivity index (χ1) is 18.0. The number of carbonyl (C=O) groups is 2. The number of aryl methyl sites for hydroxylation is 1. The number of nitrogens with one attached hydrogen (secondary N) is 1. The molecule has 10 heteroatoms. The summed E-state index contributed by atoms with van der Waals surface area (Å²) in [5.74, 6) is -0.861. The highest BCUT2D eigenvalue weighted by Crippen LogP contribution is 2.31. The van der Waals surface area contributed by atoms with Crippen LogP contribution in [0.15, 0.2) is 82.2 Å². The largest absolute Gasteiger partial charge is 0.354 e. The van der Waals surface area contributed by atoms with Crippen molar-refractivity contribution in [1.82, 2.24) is 10.2 Å². The Bertz CT molecular complexity index is 1380. The number of hydrogen-bond donors (Lipinski definition) is 1. The first-order valence-corrected chi connectivity index (χ1v) is 14.8. The molecule has 0 aliphatic carbocycles. The lowest BCUT2D eigenvalue weighted by molar-refractivity contribution is -0.139. The van der Waals surface area contributed by atoms with Gasteiger partial charge in [-0.2, -0.15) is 0 Å². The van der Waals surface area contributed by atoms with Gasteiger partial charge in [0.15, 0.2) is 0 Å². The molecule has 0 aliphatic rings. The van der Waals surface area contributed by atoms with E-state index in [1.807, 2.05) is 38.1 Å². The van der Waals surface area contributed by atoms with Crippen molar-refractivity contribution in [3.63, 3.8) is 0 Å². The molecule has 0 aromatic heterocycles. The number of benzene rings is 3. The van der Waals surface area contributed by atoms with Gasteiger partial charge < -0.3 is 10.2 Å². The van der Waals surface area contributed by atoms with Crippen molar-refractivity contribution in [2.24, 2.45) is 0 Å². The van der Waals surface area contributed by atoms with E-state index < -0.39 is 28.5 Å². The molecule has 0 radical (unpaired) electrons. The molecule has 38 heavy (non-hydrogen) atoms. The number of hydrogen-bond acceptors (Lipinski definition) is 4. The van der Waals surface area contributed by atoms with E-state index in [2.05, 4.69) is 21.2 Å². The summed E-state index contributed by atoms with van der Waals surface area (Å²) in [6.07, 6.45) is 0.743. The molecule has 1 N–H and O–H groups in total. The van der Waals surface area contributed by atoms with E-state index in [1.54, 1.807) is 43.3 Å². The topological polar surface area (TPSA) is 86.8 Å². The summed E-state index contributed by atoms with van der Waals surface area (Å²) < 4.78 is 29.5. The standard InChI is InChI=1S/C28H31BrClN3O4S/c1-4-16-31-28(35)21(3)32(18-22-8-7-9-23(29)17-22)27(34)19-33(26-11-6-5-10-25(26)30)38(36,37)24-14-12-20(2)13-15-24/h5-15,17,21H,4,16,18-19H2,1-3H3,(H,31,35)/t21-/m0/s1. The molecule has 2 amide bonds. The minimum Gasteiger partial charge on any atom is -0.354 e. The molecule has 0 fully saturated rings. The monoisotopic (exact) mass is 619 g/mol. The fourth-order valence-corrected chi connectivity index (χ4v) is 5.98. The Morgan fingerprint density at radius 3 is 2.34 bits per heavy atom. The molecule has 7 nitrogen and oxygen atoms in total. The van der Waals surface area contributed by atoms with Crippen molar-refractivity contribution in [1.29, 1.82) is 0 Å². The first-order valence-electron chi connectivity index (χ1n) is 12.2. The summed E-state index contributed by atoms with van der Waals surface area (Å²) >= 11 is 9.86. The van der Waals surface area contributed by atoms with Crippen LogP contribution in [-0.4, -0.2) is 44.3 Å². The minimum atomic E-state index is -4.17. The van der Waals surface area contributed by atoms with Crippen molar-refractivity contribution < 1.29 is 18.0 Å². The summed E-state index contributed by atoms with van der Waals surface area (Å²) in [4.78, 5) is 28.2. The second kappa shape index (κ2) is 13.3. The summed E-state index contributed by atoms with van der Waals surface area (Å²) in [6.45, 7) is 5.47. The number of nitrogens with zero attached hydrogens (tertiary/aromatic N) is 2. The highest BCUT2D eigenvalue weighted by Gasteiger charge is 2.33. The van der Waals surface area contributed by atoms with Crippen LogP contribution in [0.4, 0.5) is 5.69 Å². The number of para-hydroxylation sites is 1. The number of amides is 2. The van der Waals surface area contributed by atoms with Gasteiger partial charge in [-0.05, 0) is 62.2 Å². The summed E-state index contributed by atoms with van der Waals surface area (Å²) in [5.41, 5.74) is 1.86. The third-order valence-corrected chi connectivity index (χ3v) is 8.55. The molecule has 1 atom stereocenters. The molecule has 3 aromatic carbocycles. The van der Waals surface area contributed by atoms with Gasteiger partial charge in [0.25, 0.3) is 10.0 Å². The van der Waals surface area contributed by atoms with Gasteiger partial charge >= 0.3 is 0 Å².